The molecular formula is C11H11F2N5. The van der Waals surface area contributed by atoms with Crippen LogP contribution in [0.25, 0.3) is 5.69 Å². The smallest absolute Gasteiger partial charge is 0.152 e. The summed E-state index contributed by atoms with van der Waals surface area (Å²) in [5, 5.41) is 11.1. The van der Waals surface area contributed by atoms with Crippen LogP contribution in [0.2, 0.25) is 0 Å². The Morgan fingerprint density at radius 1 is 1.28 bits per heavy atom. The molecule has 0 unspecified atom stereocenters. The maximum Gasteiger partial charge on any atom is 0.152 e. The summed E-state index contributed by atoms with van der Waals surface area (Å²) in [6.07, 6.45) is 0. The van der Waals surface area contributed by atoms with Gasteiger partial charge < -0.3 is 5.73 Å². The van der Waals surface area contributed by atoms with E-state index in [-0.39, 0.29) is 11.3 Å². The van der Waals surface area contributed by atoms with Crippen molar-refractivity contribution in [2.45, 2.75) is 13.8 Å². The lowest BCUT2D eigenvalue weighted by molar-refractivity contribution is 0.556. The Morgan fingerprint density at radius 3 is 2.22 bits per heavy atom. The fourth-order valence-electron chi connectivity index (χ4n) is 1.66. The third-order valence-electron chi connectivity index (χ3n) is 2.41. The molecule has 5 nitrogen and oxygen atoms in total. The number of nitrogens with zero attached hydrogens (tertiary/aromatic N) is 3. The summed E-state index contributed by atoms with van der Waals surface area (Å²) in [5.41, 5.74) is 4.86. The number of rotatable bonds is 2. The fourth-order valence-corrected chi connectivity index (χ4v) is 1.66. The van der Waals surface area contributed by atoms with Gasteiger partial charge in [-0.25, -0.2) is 18.4 Å². The summed E-state index contributed by atoms with van der Waals surface area (Å²) in [6, 6.07) is 1.99. The van der Waals surface area contributed by atoms with Gasteiger partial charge in [0.15, 0.2) is 11.6 Å². The van der Waals surface area contributed by atoms with E-state index in [2.05, 4.69) is 10.1 Å². The van der Waals surface area contributed by atoms with Crippen LogP contribution in [-0.4, -0.2) is 20.6 Å². The molecule has 0 fully saturated rings. The Morgan fingerprint density at radius 2 is 1.83 bits per heavy atom. The minimum atomic E-state index is -0.840. The topological polar surface area (TPSA) is 80.6 Å². The summed E-state index contributed by atoms with van der Waals surface area (Å²) >= 11 is 0. The van der Waals surface area contributed by atoms with Gasteiger partial charge in [-0.2, -0.15) is 5.10 Å². The molecule has 0 spiro atoms. The van der Waals surface area contributed by atoms with Crippen molar-refractivity contribution in [1.29, 1.82) is 5.41 Å². The molecule has 1 aromatic carbocycles. The first-order valence-corrected chi connectivity index (χ1v) is 5.14. The number of amidine groups is 1. The number of aryl methyl sites for hydroxylation is 2. The van der Waals surface area contributed by atoms with E-state index in [0.29, 0.717) is 11.6 Å². The maximum atomic E-state index is 13.9. The molecule has 94 valence electrons. The number of aromatic nitrogens is 3. The first-order valence-electron chi connectivity index (χ1n) is 5.14. The van der Waals surface area contributed by atoms with E-state index in [1.165, 1.54) is 0 Å². The second kappa shape index (κ2) is 4.17. The Labute approximate surface area is 102 Å². The molecule has 0 saturated heterocycles. The van der Waals surface area contributed by atoms with Gasteiger partial charge in [-0.05, 0) is 26.0 Å². The Hall–Kier alpha value is -2.31. The second-order valence-corrected chi connectivity index (χ2v) is 3.82. The molecule has 1 heterocycles. The quantitative estimate of drug-likeness (QED) is 0.626. The predicted octanol–water partition coefficient (Wildman–Crippen LogP) is 1.45. The van der Waals surface area contributed by atoms with Gasteiger partial charge >= 0.3 is 0 Å². The van der Waals surface area contributed by atoms with Gasteiger partial charge in [0.2, 0.25) is 0 Å². The zero-order valence-electron chi connectivity index (χ0n) is 9.83. The predicted molar refractivity (Wildman–Crippen MR) is 61.8 cm³/mol. The van der Waals surface area contributed by atoms with E-state index >= 15 is 0 Å². The zero-order chi connectivity index (χ0) is 13.4. The highest BCUT2D eigenvalue weighted by molar-refractivity contribution is 5.95. The summed E-state index contributed by atoms with van der Waals surface area (Å²) in [5.74, 6) is -1.28. The van der Waals surface area contributed by atoms with Crippen LogP contribution in [0.15, 0.2) is 12.1 Å². The second-order valence-electron chi connectivity index (χ2n) is 3.82. The Balaban J connectivity index is 2.66. The summed E-state index contributed by atoms with van der Waals surface area (Å²) < 4.78 is 28.8. The molecule has 0 aliphatic rings. The molecule has 3 N–H and O–H groups in total. The summed E-state index contributed by atoms with van der Waals surface area (Å²) in [7, 11) is 0. The SMILES string of the molecule is Cc1nc(C)n(-c2c(F)cc(C(=N)N)cc2F)n1. The lowest BCUT2D eigenvalue weighted by Gasteiger charge is -2.08. The number of nitrogen functional groups attached to an aromatic ring is 1. The molecule has 0 aliphatic carbocycles. The van der Waals surface area contributed by atoms with Gasteiger partial charge in [-0.15, -0.1) is 0 Å². The standard InChI is InChI=1S/C11H11F2N5/c1-5-16-6(2)18(17-5)10-8(12)3-7(11(14)15)4-9(10)13/h3-4H,1-2H3,(H3,14,15). The lowest BCUT2D eigenvalue weighted by atomic mass is 10.1. The van der Waals surface area contributed by atoms with Crippen molar-refractivity contribution in [3.05, 3.63) is 41.0 Å². The highest BCUT2D eigenvalue weighted by Crippen LogP contribution is 2.20. The van der Waals surface area contributed by atoms with E-state index in [1.54, 1.807) is 13.8 Å². The normalized spacial score (nSPS) is 10.7. The van der Waals surface area contributed by atoms with E-state index in [0.717, 1.165) is 16.8 Å². The molecule has 0 saturated carbocycles. The number of hydrogen-bond donors (Lipinski definition) is 2. The van der Waals surface area contributed by atoms with E-state index in [1.807, 2.05) is 0 Å². The van der Waals surface area contributed by atoms with Crippen molar-refractivity contribution in [3.8, 4) is 5.69 Å². The molecule has 18 heavy (non-hydrogen) atoms. The molecule has 1 aromatic heterocycles. The van der Waals surface area contributed by atoms with Crippen molar-refractivity contribution in [2.24, 2.45) is 5.73 Å². The molecule has 2 rings (SSSR count). The van der Waals surface area contributed by atoms with E-state index in [9.17, 15) is 8.78 Å². The average Bonchev–Trinajstić information content (AvgIpc) is 2.56. The van der Waals surface area contributed by atoms with E-state index in [4.69, 9.17) is 11.1 Å². The van der Waals surface area contributed by atoms with Crippen molar-refractivity contribution >= 4 is 5.84 Å². The number of nitrogens with two attached hydrogens (primary N) is 1. The first kappa shape index (κ1) is 12.2. The number of nitrogens with one attached hydrogen (secondary N) is 1. The maximum absolute atomic E-state index is 13.9. The molecule has 0 bridgehead atoms. The van der Waals surface area contributed by atoms with Crippen molar-refractivity contribution in [3.63, 3.8) is 0 Å². The number of hydrogen-bond acceptors (Lipinski definition) is 3. The van der Waals surface area contributed by atoms with Gasteiger partial charge in [0.05, 0.1) is 0 Å². The first-order chi connectivity index (χ1) is 8.40. The van der Waals surface area contributed by atoms with Crippen LogP contribution in [-0.2, 0) is 0 Å². The Bertz CT molecular complexity index is 609. The van der Waals surface area contributed by atoms with Gasteiger partial charge in [0, 0.05) is 5.56 Å². The largest absolute Gasteiger partial charge is 0.384 e. The minimum absolute atomic E-state index is 0.0109. The van der Waals surface area contributed by atoms with Gasteiger partial charge in [0.1, 0.15) is 23.2 Å². The third-order valence-corrected chi connectivity index (χ3v) is 2.41. The van der Waals surface area contributed by atoms with Crippen LogP contribution >= 0.6 is 0 Å². The molecule has 7 heteroatoms. The van der Waals surface area contributed by atoms with Gasteiger partial charge in [-0.1, -0.05) is 0 Å². The molecule has 0 atom stereocenters. The Kier molecular flexibility index (Phi) is 2.82. The number of halogens is 2. The van der Waals surface area contributed by atoms with Gasteiger partial charge in [0.25, 0.3) is 0 Å². The van der Waals surface area contributed by atoms with Crippen LogP contribution < -0.4 is 5.73 Å². The highest BCUT2D eigenvalue weighted by Gasteiger charge is 2.17. The molecular weight excluding hydrogens is 240 g/mol. The van der Waals surface area contributed by atoms with Crippen LogP contribution in [0.1, 0.15) is 17.2 Å². The monoisotopic (exact) mass is 251 g/mol. The van der Waals surface area contributed by atoms with Crippen molar-refractivity contribution < 1.29 is 8.78 Å². The zero-order valence-corrected chi connectivity index (χ0v) is 9.83. The minimum Gasteiger partial charge on any atom is -0.384 e. The fraction of sp³-hybridized carbons (Fsp3) is 0.182. The van der Waals surface area contributed by atoms with Crippen molar-refractivity contribution in [2.75, 3.05) is 0 Å². The van der Waals surface area contributed by atoms with Crippen LogP contribution in [0.3, 0.4) is 0 Å². The lowest BCUT2D eigenvalue weighted by Crippen LogP contribution is -2.14. The molecule has 2 aromatic rings. The molecule has 0 radical (unpaired) electrons. The molecule has 0 aliphatic heterocycles. The highest BCUT2D eigenvalue weighted by atomic mass is 19.1. The summed E-state index contributed by atoms with van der Waals surface area (Å²) in [4.78, 5) is 3.98. The van der Waals surface area contributed by atoms with E-state index < -0.39 is 17.5 Å². The average molecular weight is 251 g/mol. The number of benzene rings is 1. The third kappa shape index (κ3) is 1.94. The van der Waals surface area contributed by atoms with Crippen LogP contribution in [0.5, 0.6) is 0 Å². The van der Waals surface area contributed by atoms with Crippen molar-refractivity contribution in [1.82, 2.24) is 14.8 Å². The van der Waals surface area contributed by atoms with Crippen LogP contribution in [0.4, 0.5) is 8.78 Å². The molecule has 0 amide bonds. The summed E-state index contributed by atoms with van der Waals surface area (Å²) in [6.45, 7) is 3.22. The van der Waals surface area contributed by atoms with Crippen LogP contribution in [0, 0.1) is 30.9 Å². The van der Waals surface area contributed by atoms with Gasteiger partial charge in [-0.3, -0.25) is 5.41 Å².